The van der Waals surface area contributed by atoms with E-state index in [-0.39, 0.29) is 11.7 Å². The zero-order chi connectivity index (χ0) is 24.0. The minimum absolute atomic E-state index is 0.170. The molecule has 3 aromatic heterocycles. The lowest BCUT2D eigenvalue weighted by Gasteiger charge is -2.30. The molecule has 0 radical (unpaired) electrons. The monoisotopic (exact) mass is 514 g/mol. The van der Waals surface area contributed by atoms with Gasteiger partial charge in [-0.15, -0.1) is 21.5 Å². The van der Waals surface area contributed by atoms with E-state index in [1.807, 2.05) is 26.0 Å². The molecule has 0 saturated heterocycles. The molecule has 0 fully saturated rings. The smallest absolute Gasteiger partial charge is 0.198 e. The maximum atomic E-state index is 6.07. The second-order valence-electron chi connectivity index (χ2n) is 9.71. The Morgan fingerprint density at radius 1 is 1.12 bits per heavy atom. The molecule has 0 aliphatic carbocycles. The van der Waals surface area contributed by atoms with E-state index in [0.29, 0.717) is 11.9 Å². The van der Waals surface area contributed by atoms with Crippen molar-refractivity contribution < 1.29 is 9.47 Å². The zero-order valence-electron chi connectivity index (χ0n) is 20.4. The van der Waals surface area contributed by atoms with Crippen LogP contribution in [0.15, 0.2) is 34.6 Å². The van der Waals surface area contributed by atoms with Crippen LogP contribution in [0.1, 0.15) is 57.5 Å². The highest BCUT2D eigenvalue weighted by Gasteiger charge is 2.31. The Morgan fingerprint density at radius 2 is 1.88 bits per heavy atom. The van der Waals surface area contributed by atoms with Crippen molar-refractivity contribution in [3.05, 3.63) is 40.3 Å². The number of nitrogens with zero attached hydrogens (tertiary/aromatic N) is 4. The van der Waals surface area contributed by atoms with Gasteiger partial charge >= 0.3 is 0 Å². The molecule has 4 aromatic rings. The average Bonchev–Trinajstić information content (AvgIpc) is 3.33. The first kappa shape index (κ1) is 23.9. The largest absolute Gasteiger partial charge is 0.491 e. The van der Waals surface area contributed by atoms with Crippen LogP contribution in [-0.4, -0.2) is 36.5 Å². The Hall–Kier alpha value is -1.81. The van der Waals surface area contributed by atoms with Gasteiger partial charge in [-0.05, 0) is 51.0 Å². The summed E-state index contributed by atoms with van der Waals surface area (Å²) in [7, 11) is 0. The van der Waals surface area contributed by atoms with Crippen molar-refractivity contribution in [2.75, 3.05) is 0 Å². The topological polar surface area (TPSA) is 61.5 Å². The van der Waals surface area contributed by atoms with Crippen LogP contribution in [0.2, 0.25) is 0 Å². The number of ether oxygens (including phenoxy) is 2. The van der Waals surface area contributed by atoms with Crippen LogP contribution in [0.5, 0.6) is 5.75 Å². The molecule has 0 spiro atoms. The second-order valence-corrected chi connectivity index (χ2v) is 13.3. The lowest BCUT2D eigenvalue weighted by molar-refractivity contribution is -0.0379. The molecule has 5 rings (SSSR count). The molecule has 34 heavy (non-hydrogen) atoms. The van der Waals surface area contributed by atoms with Crippen molar-refractivity contribution in [2.24, 2.45) is 0 Å². The minimum atomic E-state index is -0.188. The molecule has 0 unspecified atom stereocenters. The molecule has 6 nitrogen and oxygen atoms in total. The predicted octanol–water partition coefficient (Wildman–Crippen LogP) is 6.77. The fraction of sp³-hybridized carbons (Fsp3) is 0.480. The number of thiophene rings is 1. The van der Waals surface area contributed by atoms with Gasteiger partial charge in [0.2, 0.25) is 0 Å². The van der Waals surface area contributed by atoms with E-state index in [2.05, 4.69) is 54.4 Å². The van der Waals surface area contributed by atoms with Gasteiger partial charge in [0.25, 0.3) is 0 Å². The van der Waals surface area contributed by atoms with Gasteiger partial charge in [0.15, 0.2) is 16.0 Å². The quantitative estimate of drug-likeness (QED) is 0.199. The van der Waals surface area contributed by atoms with Gasteiger partial charge in [-0.3, -0.25) is 0 Å². The standard InChI is InChI=1S/C25H30N4O2S3/c1-14(2)31-17-9-7-16(8-10-17)13-32-24-28-27-21-20-18-11-25(5,6)30-12-19(18)34-22(20)26-23(29(21)24)33-15(3)4/h7-10,14-15H,11-13H2,1-6H3. The Balaban J connectivity index is 1.52. The number of aromatic nitrogens is 4. The average molecular weight is 515 g/mol. The summed E-state index contributed by atoms with van der Waals surface area (Å²) in [6, 6.07) is 8.30. The third-order valence-electron chi connectivity index (χ3n) is 5.52. The van der Waals surface area contributed by atoms with Crippen molar-refractivity contribution in [1.29, 1.82) is 0 Å². The molecule has 0 N–H and O–H groups in total. The first-order valence-corrected chi connectivity index (χ1v) is 14.3. The van der Waals surface area contributed by atoms with Gasteiger partial charge in [-0.25, -0.2) is 9.38 Å². The normalized spacial score (nSPS) is 15.5. The SMILES string of the molecule is CC(C)Oc1ccc(CSc2nnc3c4c5c(sc4nc(SC(C)C)n23)COC(C)(C)C5)cc1. The number of thioether (sulfide) groups is 2. The summed E-state index contributed by atoms with van der Waals surface area (Å²) in [6.07, 6.45) is 1.03. The van der Waals surface area contributed by atoms with E-state index in [1.165, 1.54) is 16.0 Å². The molecule has 180 valence electrons. The number of fused-ring (bicyclic) bond motifs is 5. The molecule has 1 aromatic carbocycles. The summed E-state index contributed by atoms with van der Waals surface area (Å²) in [4.78, 5) is 7.40. The third-order valence-corrected chi connectivity index (χ3v) is 8.57. The van der Waals surface area contributed by atoms with Crippen molar-refractivity contribution in [2.45, 2.75) is 87.6 Å². The first-order valence-electron chi connectivity index (χ1n) is 11.6. The molecule has 4 heterocycles. The van der Waals surface area contributed by atoms with E-state index in [1.54, 1.807) is 34.9 Å². The fourth-order valence-electron chi connectivity index (χ4n) is 4.06. The van der Waals surface area contributed by atoms with Gasteiger partial charge in [0, 0.05) is 22.3 Å². The molecule has 1 aliphatic rings. The van der Waals surface area contributed by atoms with Gasteiger partial charge in [-0.2, -0.15) is 0 Å². The molecular weight excluding hydrogens is 485 g/mol. The summed E-state index contributed by atoms with van der Waals surface area (Å²) < 4.78 is 14.0. The van der Waals surface area contributed by atoms with Crippen LogP contribution in [0.3, 0.4) is 0 Å². The Kier molecular flexibility index (Phi) is 6.56. The van der Waals surface area contributed by atoms with Crippen molar-refractivity contribution in [1.82, 2.24) is 19.6 Å². The number of rotatable bonds is 7. The van der Waals surface area contributed by atoms with Crippen molar-refractivity contribution >= 4 is 50.7 Å². The Labute approximate surface area is 212 Å². The van der Waals surface area contributed by atoms with Crippen molar-refractivity contribution in [3.8, 4) is 5.75 Å². The summed E-state index contributed by atoms with van der Waals surface area (Å²) in [5, 5.41) is 12.7. The molecule has 0 saturated carbocycles. The van der Waals surface area contributed by atoms with Crippen LogP contribution in [0.25, 0.3) is 15.9 Å². The lowest BCUT2D eigenvalue weighted by Crippen LogP contribution is -2.31. The highest BCUT2D eigenvalue weighted by molar-refractivity contribution is 8.00. The lowest BCUT2D eigenvalue weighted by atomic mass is 9.94. The molecular formula is C25H30N4O2S3. The number of hydrogen-bond acceptors (Lipinski definition) is 8. The summed E-state index contributed by atoms with van der Waals surface area (Å²) in [5.74, 6) is 1.70. The first-order chi connectivity index (χ1) is 16.2. The van der Waals surface area contributed by atoms with Gasteiger partial charge in [0.1, 0.15) is 10.6 Å². The van der Waals surface area contributed by atoms with Gasteiger partial charge < -0.3 is 9.47 Å². The van der Waals surface area contributed by atoms with E-state index in [4.69, 9.17) is 14.5 Å². The van der Waals surface area contributed by atoms with Gasteiger partial charge in [0.05, 0.1) is 23.7 Å². The van der Waals surface area contributed by atoms with Gasteiger partial charge in [-0.1, -0.05) is 49.5 Å². The van der Waals surface area contributed by atoms with E-state index >= 15 is 0 Å². The van der Waals surface area contributed by atoms with Crippen LogP contribution in [-0.2, 0) is 23.5 Å². The van der Waals surface area contributed by atoms with E-state index in [9.17, 15) is 0 Å². The van der Waals surface area contributed by atoms with Crippen LogP contribution < -0.4 is 4.74 Å². The summed E-state index contributed by atoms with van der Waals surface area (Å²) >= 11 is 5.18. The maximum absolute atomic E-state index is 6.07. The summed E-state index contributed by atoms with van der Waals surface area (Å²) in [6.45, 7) is 13.4. The fourth-order valence-corrected chi connectivity index (χ4v) is 7.00. The Morgan fingerprint density at radius 3 is 2.59 bits per heavy atom. The van der Waals surface area contributed by atoms with Crippen molar-refractivity contribution in [3.63, 3.8) is 0 Å². The Bertz CT molecular complexity index is 1330. The van der Waals surface area contributed by atoms with Crippen LogP contribution in [0.4, 0.5) is 0 Å². The number of hydrogen-bond donors (Lipinski definition) is 0. The molecule has 0 atom stereocenters. The van der Waals surface area contributed by atoms with Crippen LogP contribution in [0, 0.1) is 0 Å². The molecule has 1 aliphatic heterocycles. The highest BCUT2D eigenvalue weighted by atomic mass is 32.2. The number of benzene rings is 1. The second kappa shape index (κ2) is 9.33. The zero-order valence-corrected chi connectivity index (χ0v) is 22.9. The molecule has 0 bridgehead atoms. The molecule has 9 heteroatoms. The maximum Gasteiger partial charge on any atom is 0.198 e. The van der Waals surface area contributed by atoms with Crippen LogP contribution >= 0.6 is 34.9 Å². The predicted molar refractivity (Wildman–Crippen MR) is 141 cm³/mol. The summed E-state index contributed by atoms with van der Waals surface area (Å²) in [5.41, 5.74) is 3.26. The molecule has 0 amide bonds. The van der Waals surface area contributed by atoms with E-state index in [0.717, 1.165) is 44.1 Å². The van der Waals surface area contributed by atoms with E-state index < -0.39 is 0 Å². The third kappa shape index (κ3) is 4.80. The highest BCUT2D eigenvalue weighted by Crippen LogP contribution is 2.42. The minimum Gasteiger partial charge on any atom is -0.491 e.